The van der Waals surface area contributed by atoms with Crippen molar-refractivity contribution >= 4 is 17.4 Å². The van der Waals surface area contributed by atoms with Crippen molar-refractivity contribution < 1.29 is 14.0 Å². The molecule has 1 atom stereocenters. The summed E-state index contributed by atoms with van der Waals surface area (Å²) in [4.78, 5) is 44.1. The van der Waals surface area contributed by atoms with Gasteiger partial charge in [0, 0.05) is 12.6 Å². The molecule has 0 saturated carbocycles. The van der Waals surface area contributed by atoms with E-state index in [1.165, 1.54) is 10.8 Å². The number of carbonyl (C=O) groups excluding carboxylic acids is 2. The minimum Gasteiger partial charge on any atom is -0.417 e. The fourth-order valence-corrected chi connectivity index (χ4v) is 4.21. The van der Waals surface area contributed by atoms with Gasteiger partial charge in [-0.1, -0.05) is 74.5 Å². The minimum atomic E-state index is -0.943. The Morgan fingerprint density at radius 1 is 1.00 bits per heavy atom. The SMILES string of the molecule is CNc1cnc(-c2ccccc2)n(CC(=O)N[C@H](C(=O)c2nnc(C(C)(C)c3ccccc3)o2)C(C)C)c1=O. The summed E-state index contributed by atoms with van der Waals surface area (Å²) in [5.41, 5.74) is 0.861. The van der Waals surface area contributed by atoms with Crippen LogP contribution in [0.3, 0.4) is 0 Å². The van der Waals surface area contributed by atoms with Crippen molar-refractivity contribution in [3.05, 3.63) is 94.6 Å². The third-order valence-corrected chi connectivity index (χ3v) is 6.58. The van der Waals surface area contributed by atoms with E-state index < -0.39 is 28.7 Å². The van der Waals surface area contributed by atoms with Crippen LogP contribution in [0.15, 0.2) is 76.1 Å². The number of hydrogen-bond acceptors (Lipinski definition) is 8. The summed E-state index contributed by atoms with van der Waals surface area (Å²) in [5, 5.41) is 13.7. The van der Waals surface area contributed by atoms with Gasteiger partial charge in [-0.05, 0) is 25.3 Å². The maximum absolute atomic E-state index is 13.4. The van der Waals surface area contributed by atoms with Gasteiger partial charge < -0.3 is 15.1 Å². The first-order valence-electron chi connectivity index (χ1n) is 12.7. The van der Waals surface area contributed by atoms with E-state index in [1.807, 2.05) is 62.4 Å². The van der Waals surface area contributed by atoms with Crippen molar-refractivity contribution in [2.45, 2.75) is 45.7 Å². The average Bonchev–Trinajstić information content (AvgIpc) is 3.45. The number of Topliss-reactive ketones (excluding diaryl/α,β-unsaturated/α-hetero) is 1. The average molecular weight is 529 g/mol. The molecule has 2 heterocycles. The van der Waals surface area contributed by atoms with Crippen LogP contribution in [-0.4, -0.2) is 44.5 Å². The molecule has 0 radical (unpaired) electrons. The van der Waals surface area contributed by atoms with Gasteiger partial charge >= 0.3 is 0 Å². The van der Waals surface area contributed by atoms with Gasteiger partial charge in [0.1, 0.15) is 18.1 Å². The van der Waals surface area contributed by atoms with Crippen molar-refractivity contribution in [1.82, 2.24) is 25.1 Å². The lowest BCUT2D eigenvalue weighted by molar-refractivity contribution is -0.122. The zero-order valence-corrected chi connectivity index (χ0v) is 22.6. The summed E-state index contributed by atoms with van der Waals surface area (Å²) >= 11 is 0. The largest absolute Gasteiger partial charge is 0.417 e. The lowest BCUT2D eigenvalue weighted by atomic mass is 9.85. The number of ketones is 1. The molecule has 0 aliphatic rings. The lowest BCUT2D eigenvalue weighted by Gasteiger charge is -2.21. The molecule has 202 valence electrons. The molecule has 2 aromatic heterocycles. The van der Waals surface area contributed by atoms with Gasteiger partial charge in [-0.15, -0.1) is 10.2 Å². The van der Waals surface area contributed by atoms with Crippen molar-refractivity contribution in [2.24, 2.45) is 5.92 Å². The van der Waals surface area contributed by atoms with Gasteiger partial charge in [-0.2, -0.15) is 0 Å². The van der Waals surface area contributed by atoms with Crippen LogP contribution >= 0.6 is 0 Å². The molecule has 2 aromatic carbocycles. The van der Waals surface area contributed by atoms with E-state index in [2.05, 4.69) is 25.8 Å². The number of benzene rings is 2. The highest BCUT2D eigenvalue weighted by molar-refractivity contribution is 5.98. The Balaban J connectivity index is 1.57. The first kappa shape index (κ1) is 27.4. The van der Waals surface area contributed by atoms with Crippen LogP contribution in [0.4, 0.5) is 5.69 Å². The van der Waals surface area contributed by atoms with E-state index >= 15 is 0 Å². The van der Waals surface area contributed by atoms with Gasteiger partial charge in [0.05, 0.1) is 17.7 Å². The molecule has 0 saturated heterocycles. The highest BCUT2D eigenvalue weighted by Crippen LogP contribution is 2.30. The summed E-state index contributed by atoms with van der Waals surface area (Å²) in [6.45, 7) is 7.14. The predicted molar refractivity (Wildman–Crippen MR) is 147 cm³/mol. The van der Waals surface area contributed by atoms with Crippen LogP contribution in [0.25, 0.3) is 11.4 Å². The lowest BCUT2D eigenvalue weighted by Crippen LogP contribution is -2.46. The highest BCUT2D eigenvalue weighted by atomic mass is 16.4. The fraction of sp³-hybridized carbons (Fsp3) is 0.310. The third-order valence-electron chi connectivity index (χ3n) is 6.58. The van der Waals surface area contributed by atoms with Crippen LogP contribution in [0.2, 0.25) is 0 Å². The molecule has 0 aliphatic heterocycles. The molecule has 4 aromatic rings. The maximum Gasteiger partial charge on any atom is 0.286 e. The Morgan fingerprint density at radius 3 is 2.26 bits per heavy atom. The molecule has 0 fully saturated rings. The van der Waals surface area contributed by atoms with Crippen molar-refractivity contribution in [3.8, 4) is 11.4 Å². The molecule has 39 heavy (non-hydrogen) atoms. The van der Waals surface area contributed by atoms with Crippen LogP contribution in [-0.2, 0) is 16.8 Å². The Bertz CT molecular complexity index is 1510. The standard InChI is InChI=1S/C29H32N6O4/c1-18(2)23(24(37)26-33-34-28(39-26)29(3,4)20-14-10-7-11-15-20)32-22(36)17-35-25(19-12-8-6-9-13-19)31-16-21(30-5)27(35)38/h6-16,18,23,30H,17H2,1-5H3,(H,32,36)/t23-/m0/s1. The number of carbonyl (C=O) groups is 2. The number of amides is 1. The molecule has 0 unspecified atom stereocenters. The van der Waals surface area contributed by atoms with Crippen molar-refractivity contribution in [3.63, 3.8) is 0 Å². The predicted octanol–water partition coefficient (Wildman–Crippen LogP) is 3.68. The van der Waals surface area contributed by atoms with E-state index in [1.54, 1.807) is 33.0 Å². The molecule has 1 amide bonds. The van der Waals surface area contributed by atoms with E-state index in [0.717, 1.165) is 5.56 Å². The van der Waals surface area contributed by atoms with Crippen LogP contribution in [0.5, 0.6) is 0 Å². The number of rotatable bonds is 10. The number of aromatic nitrogens is 4. The van der Waals surface area contributed by atoms with Crippen molar-refractivity contribution in [2.75, 3.05) is 12.4 Å². The van der Waals surface area contributed by atoms with Gasteiger partial charge in [0.25, 0.3) is 11.4 Å². The highest BCUT2D eigenvalue weighted by Gasteiger charge is 2.34. The second kappa shape index (κ2) is 11.4. The Hall–Kier alpha value is -4.60. The first-order chi connectivity index (χ1) is 18.6. The number of nitrogens with one attached hydrogen (secondary N) is 2. The minimum absolute atomic E-state index is 0.186. The third kappa shape index (κ3) is 5.79. The molecule has 4 rings (SSSR count). The summed E-state index contributed by atoms with van der Waals surface area (Å²) in [5.74, 6) is -0.869. The van der Waals surface area contributed by atoms with Crippen LogP contribution in [0.1, 0.15) is 49.8 Å². The fourth-order valence-electron chi connectivity index (χ4n) is 4.21. The maximum atomic E-state index is 13.4. The summed E-state index contributed by atoms with van der Waals surface area (Å²) in [6, 6.07) is 17.8. The molecular formula is C29H32N6O4. The van der Waals surface area contributed by atoms with Crippen LogP contribution in [0, 0.1) is 5.92 Å². The Kier molecular flexibility index (Phi) is 8.04. The molecule has 0 bridgehead atoms. The second-order valence-corrected chi connectivity index (χ2v) is 10.1. The van der Waals surface area contributed by atoms with E-state index in [9.17, 15) is 14.4 Å². The monoisotopic (exact) mass is 528 g/mol. The number of nitrogens with zero attached hydrogens (tertiary/aromatic N) is 4. The summed E-state index contributed by atoms with van der Waals surface area (Å²) < 4.78 is 7.11. The van der Waals surface area contributed by atoms with Gasteiger partial charge in [0.15, 0.2) is 0 Å². The topological polar surface area (TPSA) is 132 Å². The van der Waals surface area contributed by atoms with Crippen LogP contribution < -0.4 is 16.2 Å². The van der Waals surface area contributed by atoms with E-state index in [-0.39, 0.29) is 24.0 Å². The quantitative estimate of drug-likeness (QED) is 0.298. The molecule has 10 heteroatoms. The molecule has 0 spiro atoms. The zero-order chi connectivity index (χ0) is 28.2. The number of hydrogen-bond donors (Lipinski definition) is 2. The second-order valence-electron chi connectivity index (χ2n) is 10.1. The molecule has 2 N–H and O–H groups in total. The molecule has 10 nitrogen and oxygen atoms in total. The zero-order valence-electron chi connectivity index (χ0n) is 22.6. The smallest absolute Gasteiger partial charge is 0.286 e. The molecule has 0 aliphatic carbocycles. The number of anilines is 1. The summed E-state index contributed by atoms with van der Waals surface area (Å²) in [6.07, 6.45) is 1.43. The van der Waals surface area contributed by atoms with Crippen molar-refractivity contribution in [1.29, 1.82) is 0 Å². The molecular weight excluding hydrogens is 496 g/mol. The first-order valence-corrected chi connectivity index (χ1v) is 12.7. The van der Waals surface area contributed by atoms with Gasteiger partial charge in [-0.3, -0.25) is 19.0 Å². The van der Waals surface area contributed by atoms with Gasteiger partial charge in [-0.25, -0.2) is 4.98 Å². The normalized spacial score (nSPS) is 12.3. The van der Waals surface area contributed by atoms with E-state index in [4.69, 9.17) is 4.42 Å². The van der Waals surface area contributed by atoms with E-state index in [0.29, 0.717) is 17.3 Å². The van der Waals surface area contributed by atoms with Gasteiger partial charge in [0.2, 0.25) is 17.6 Å². The Morgan fingerprint density at radius 2 is 1.64 bits per heavy atom. The summed E-state index contributed by atoms with van der Waals surface area (Å²) in [7, 11) is 1.61. The Labute approximate surface area is 226 Å².